The fourth-order valence-electron chi connectivity index (χ4n) is 1.39. The Morgan fingerprint density at radius 1 is 1.58 bits per heavy atom. The van der Waals surface area contributed by atoms with Crippen molar-refractivity contribution in [2.24, 2.45) is 16.8 Å². The Morgan fingerprint density at radius 3 is 3.17 bits per heavy atom. The number of imidazole rings is 1. The maximum Gasteiger partial charge on any atom is 0.229 e. The molecule has 64 valence electrons. The lowest BCUT2D eigenvalue weighted by atomic mass is 9.96. The van der Waals surface area contributed by atoms with E-state index in [2.05, 4.69) is 28.4 Å². The second kappa shape index (κ2) is 2.73. The SMILES string of the molecule is CC(C)[C@H]1C=Nc2nccn2C1. The maximum atomic E-state index is 4.28. The molecule has 0 saturated heterocycles. The van der Waals surface area contributed by atoms with Crippen LogP contribution in [0.2, 0.25) is 0 Å². The lowest BCUT2D eigenvalue weighted by Crippen LogP contribution is -2.20. The van der Waals surface area contributed by atoms with Crippen molar-refractivity contribution in [1.29, 1.82) is 0 Å². The largest absolute Gasteiger partial charge is 0.315 e. The minimum Gasteiger partial charge on any atom is -0.315 e. The molecule has 0 bridgehead atoms. The third kappa shape index (κ3) is 1.15. The van der Waals surface area contributed by atoms with Crippen LogP contribution in [-0.4, -0.2) is 15.8 Å². The summed E-state index contributed by atoms with van der Waals surface area (Å²) in [5.74, 6) is 2.06. The van der Waals surface area contributed by atoms with E-state index < -0.39 is 0 Å². The molecule has 0 saturated carbocycles. The summed E-state index contributed by atoms with van der Waals surface area (Å²) in [6, 6.07) is 0. The van der Waals surface area contributed by atoms with E-state index in [4.69, 9.17) is 0 Å². The molecular weight excluding hydrogens is 150 g/mol. The zero-order valence-corrected chi connectivity index (χ0v) is 7.44. The van der Waals surface area contributed by atoms with Gasteiger partial charge in [0.15, 0.2) is 0 Å². The number of hydrogen-bond donors (Lipinski definition) is 0. The minimum absolute atomic E-state index is 0.562. The first-order chi connectivity index (χ1) is 5.77. The highest BCUT2D eigenvalue weighted by Crippen LogP contribution is 2.20. The van der Waals surface area contributed by atoms with Crippen molar-refractivity contribution in [1.82, 2.24) is 9.55 Å². The Kier molecular flexibility index (Phi) is 1.71. The summed E-state index contributed by atoms with van der Waals surface area (Å²) in [6.07, 6.45) is 5.81. The Labute approximate surface area is 72.1 Å². The first-order valence-corrected chi connectivity index (χ1v) is 4.32. The van der Waals surface area contributed by atoms with Crippen LogP contribution in [0.25, 0.3) is 0 Å². The normalized spacial score (nSPS) is 21.4. The smallest absolute Gasteiger partial charge is 0.229 e. The van der Waals surface area contributed by atoms with Crippen LogP contribution in [0.5, 0.6) is 0 Å². The van der Waals surface area contributed by atoms with E-state index in [1.807, 2.05) is 12.4 Å². The van der Waals surface area contributed by atoms with Gasteiger partial charge in [-0.05, 0) is 5.92 Å². The third-order valence-corrected chi connectivity index (χ3v) is 2.34. The molecule has 0 aromatic carbocycles. The molecule has 0 radical (unpaired) electrons. The second-order valence-electron chi connectivity index (χ2n) is 3.57. The van der Waals surface area contributed by atoms with E-state index in [0.29, 0.717) is 11.8 Å². The molecule has 1 aromatic rings. The topological polar surface area (TPSA) is 30.2 Å². The maximum absolute atomic E-state index is 4.28. The number of hydrogen-bond acceptors (Lipinski definition) is 2. The van der Waals surface area contributed by atoms with Gasteiger partial charge in [0.25, 0.3) is 0 Å². The Bertz CT molecular complexity index is 298. The lowest BCUT2D eigenvalue weighted by Gasteiger charge is -2.20. The van der Waals surface area contributed by atoms with Crippen LogP contribution in [0.3, 0.4) is 0 Å². The number of nitrogens with zero attached hydrogens (tertiary/aromatic N) is 3. The minimum atomic E-state index is 0.562. The molecule has 1 aliphatic rings. The molecule has 1 aliphatic heterocycles. The summed E-state index contributed by atoms with van der Waals surface area (Å²) in [5.41, 5.74) is 0. The number of rotatable bonds is 1. The van der Waals surface area contributed by atoms with Crippen molar-refractivity contribution in [2.45, 2.75) is 20.4 Å². The molecular formula is C9H13N3. The summed E-state index contributed by atoms with van der Waals surface area (Å²) in [7, 11) is 0. The van der Waals surface area contributed by atoms with Crippen molar-refractivity contribution in [3.8, 4) is 0 Å². The standard InChI is InChI=1S/C9H13N3/c1-7(2)8-5-11-9-10-3-4-12(9)6-8/h3-5,7-8H,6H2,1-2H3/t8-/m0/s1. The molecule has 0 fully saturated rings. The van der Waals surface area contributed by atoms with Crippen molar-refractivity contribution in [3.05, 3.63) is 12.4 Å². The highest BCUT2D eigenvalue weighted by Gasteiger charge is 2.17. The highest BCUT2D eigenvalue weighted by atomic mass is 15.2. The van der Waals surface area contributed by atoms with Crippen molar-refractivity contribution < 1.29 is 0 Å². The zero-order valence-electron chi connectivity index (χ0n) is 7.44. The fourth-order valence-corrected chi connectivity index (χ4v) is 1.39. The monoisotopic (exact) mass is 163 g/mol. The predicted octanol–water partition coefficient (Wildman–Crippen LogP) is 1.87. The Balaban J connectivity index is 2.24. The van der Waals surface area contributed by atoms with Crippen LogP contribution >= 0.6 is 0 Å². The van der Waals surface area contributed by atoms with Gasteiger partial charge in [0.2, 0.25) is 5.95 Å². The number of aliphatic imine (C=N–C) groups is 1. The predicted molar refractivity (Wildman–Crippen MR) is 48.7 cm³/mol. The Hall–Kier alpha value is -1.12. The fraction of sp³-hybridized carbons (Fsp3) is 0.556. The van der Waals surface area contributed by atoms with E-state index in [9.17, 15) is 0 Å². The molecule has 3 heteroatoms. The van der Waals surface area contributed by atoms with Crippen LogP contribution in [-0.2, 0) is 6.54 Å². The van der Waals surface area contributed by atoms with E-state index >= 15 is 0 Å². The van der Waals surface area contributed by atoms with Gasteiger partial charge in [0, 0.05) is 31.1 Å². The number of fused-ring (bicyclic) bond motifs is 1. The van der Waals surface area contributed by atoms with E-state index in [0.717, 1.165) is 12.5 Å². The summed E-state index contributed by atoms with van der Waals surface area (Å²) < 4.78 is 2.10. The van der Waals surface area contributed by atoms with Gasteiger partial charge in [0.05, 0.1) is 0 Å². The molecule has 2 heterocycles. The van der Waals surface area contributed by atoms with E-state index in [-0.39, 0.29) is 0 Å². The average molecular weight is 163 g/mol. The van der Waals surface area contributed by atoms with Gasteiger partial charge in [-0.15, -0.1) is 0 Å². The summed E-state index contributed by atoms with van der Waals surface area (Å²) in [6.45, 7) is 5.47. The van der Waals surface area contributed by atoms with Gasteiger partial charge in [-0.3, -0.25) is 0 Å². The second-order valence-corrected chi connectivity index (χ2v) is 3.57. The highest BCUT2D eigenvalue weighted by molar-refractivity contribution is 5.65. The quantitative estimate of drug-likeness (QED) is 0.621. The van der Waals surface area contributed by atoms with Crippen LogP contribution in [0.15, 0.2) is 17.4 Å². The molecule has 0 unspecified atom stereocenters. The van der Waals surface area contributed by atoms with Crippen molar-refractivity contribution in [3.63, 3.8) is 0 Å². The van der Waals surface area contributed by atoms with Gasteiger partial charge in [0.1, 0.15) is 0 Å². The molecule has 0 aliphatic carbocycles. The van der Waals surface area contributed by atoms with Crippen molar-refractivity contribution in [2.75, 3.05) is 0 Å². The van der Waals surface area contributed by atoms with Crippen LogP contribution in [0.4, 0.5) is 5.95 Å². The molecule has 0 spiro atoms. The molecule has 2 rings (SSSR count). The molecule has 1 aromatic heterocycles. The third-order valence-electron chi connectivity index (χ3n) is 2.34. The zero-order chi connectivity index (χ0) is 8.55. The van der Waals surface area contributed by atoms with E-state index in [1.54, 1.807) is 6.20 Å². The number of aromatic nitrogens is 2. The van der Waals surface area contributed by atoms with Gasteiger partial charge >= 0.3 is 0 Å². The summed E-state index contributed by atoms with van der Waals surface area (Å²) >= 11 is 0. The van der Waals surface area contributed by atoms with Gasteiger partial charge in [-0.25, -0.2) is 9.98 Å². The average Bonchev–Trinajstić information content (AvgIpc) is 2.49. The first kappa shape index (κ1) is 7.53. The molecule has 0 amide bonds. The van der Waals surface area contributed by atoms with Gasteiger partial charge in [-0.1, -0.05) is 13.8 Å². The van der Waals surface area contributed by atoms with E-state index in [1.165, 1.54) is 0 Å². The molecule has 12 heavy (non-hydrogen) atoms. The molecule has 3 nitrogen and oxygen atoms in total. The van der Waals surface area contributed by atoms with Crippen LogP contribution in [0.1, 0.15) is 13.8 Å². The summed E-state index contributed by atoms with van der Waals surface area (Å²) in [4.78, 5) is 8.40. The van der Waals surface area contributed by atoms with Crippen LogP contribution in [0, 0.1) is 11.8 Å². The molecule has 1 atom stereocenters. The van der Waals surface area contributed by atoms with Crippen LogP contribution < -0.4 is 0 Å². The van der Waals surface area contributed by atoms with Gasteiger partial charge in [-0.2, -0.15) is 0 Å². The molecule has 0 N–H and O–H groups in total. The van der Waals surface area contributed by atoms with Crippen molar-refractivity contribution >= 4 is 12.2 Å². The lowest BCUT2D eigenvalue weighted by molar-refractivity contribution is 0.431. The first-order valence-electron chi connectivity index (χ1n) is 4.32. The van der Waals surface area contributed by atoms with Gasteiger partial charge < -0.3 is 4.57 Å². The Morgan fingerprint density at radius 2 is 2.42 bits per heavy atom. The summed E-state index contributed by atoms with van der Waals surface area (Å²) in [5, 5.41) is 0.